The lowest BCUT2D eigenvalue weighted by Crippen LogP contribution is -1.98. The molecule has 23 heavy (non-hydrogen) atoms. The fraction of sp³-hybridized carbons (Fsp3) is 0.294. The van der Waals surface area contributed by atoms with Crippen LogP contribution in [0, 0.1) is 10.1 Å². The smallest absolute Gasteiger partial charge is 0.311 e. The third-order valence-corrected chi connectivity index (χ3v) is 3.77. The van der Waals surface area contributed by atoms with Crippen molar-refractivity contribution in [3.05, 3.63) is 63.2 Å². The van der Waals surface area contributed by atoms with Gasteiger partial charge in [-0.05, 0) is 49.1 Å². The maximum Gasteiger partial charge on any atom is 0.311 e. The van der Waals surface area contributed by atoms with E-state index >= 15 is 0 Å². The second-order valence-electron chi connectivity index (χ2n) is 5.16. The van der Waals surface area contributed by atoms with E-state index in [-0.39, 0.29) is 10.7 Å². The number of unbranched alkanes of at least 4 members (excludes halogenated alkanes) is 1. The van der Waals surface area contributed by atoms with Crippen LogP contribution < -0.4 is 5.32 Å². The number of hydrogen-bond donors (Lipinski definition) is 1. The van der Waals surface area contributed by atoms with Crippen molar-refractivity contribution in [2.45, 2.75) is 19.3 Å². The van der Waals surface area contributed by atoms with Gasteiger partial charge in [0.1, 0.15) is 10.7 Å². The van der Waals surface area contributed by atoms with Gasteiger partial charge in [-0.15, -0.1) is 0 Å². The summed E-state index contributed by atoms with van der Waals surface area (Å²) < 4.78 is 5.03. The summed E-state index contributed by atoms with van der Waals surface area (Å²) in [4.78, 5) is 10.7. The molecule has 1 N–H and O–H groups in total. The summed E-state index contributed by atoms with van der Waals surface area (Å²) in [6.07, 6.45) is 3.09. The number of aryl methyl sites for hydroxylation is 1. The van der Waals surface area contributed by atoms with Crippen LogP contribution in [0.5, 0.6) is 0 Å². The van der Waals surface area contributed by atoms with E-state index in [1.54, 1.807) is 19.2 Å². The van der Waals surface area contributed by atoms with Gasteiger partial charge in [0.05, 0.1) is 4.92 Å². The zero-order valence-electron chi connectivity index (χ0n) is 12.9. The van der Waals surface area contributed by atoms with E-state index in [0.29, 0.717) is 5.69 Å². The van der Waals surface area contributed by atoms with E-state index in [9.17, 15) is 10.1 Å². The molecule has 0 saturated heterocycles. The SMILES string of the molecule is COCCCCc1ccc(Nc2cccc(Cl)c2[N+](=O)[O-])cc1. The summed E-state index contributed by atoms with van der Waals surface area (Å²) in [5, 5.41) is 14.3. The van der Waals surface area contributed by atoms with E-state index in [1.807, 2.05) is 24.3 Å². The van der Waals surface area contributed by atoms with Gasteiger partial charge in [-0.25, -0.2) is 0 Å². The molecular weight excluding hydrogens is 316 g/mol. The van der Waals surface area contributed by atoms with Gasteiger partial charge >= 0.3 is 5.69 Å². The van der Waals surface area contributed by atoms with Crippen LogP contribution in [0.2, 0.25) is 5.02 Å². The second-order valence-corrected chi connectivity index (χ2v) is 5.57. The molecule has 2 aromatic carbocycles. The Hall–Kier alpha value is -2.11. The molecule has 0 amide bonds. The number of benzene rings is 2. The highest BCUT2D eigenvalue weighted by Crippen LogP contribution is 2.34. The van der Waals surface area contributed by atoms with Crippen molar-refractivity contribution in [2.75, 3.05) is 19.0 Å². The van der Waals surface area contributed by atoms with Gasteiger partial charge in [0.25, 0.3) is 0 Å². The summed E-state index contributed by atoms with van der Waals surface area (Å²) in [6.45, 7) is 0.776. The largest absolute Gasteiger partial charge is 0.385 e. The van der Waals surface area contributed by atoms with Gasteiger partial charge in [0.2, 0.25) is 0 Å². The van der Waals surface area contributed by atoms with Crippen molar-refractivity contribution in [2.24, 2.45) is 0 Å². The topological polar surface area (TPSA) is 64.4 Å². The van der Waals surface area contributed by atoms with Crippen LogP contribution in [0.25, 0.3) is 0 Å². The number of nitrogens with one attached hydrogen (secondary N) is 1. The Bertz CT molecular complexity index is 659. The zero-order valence-corrected chi connectivity index (χ0v) is 13.7. The molecule has 0 spiro atoms. The Morgan fingerprint density at radius 3 is 2.57 bits per heavy atom. The lowest BCUT2D eigenvalue weighted by atomic mass is 10.1. The highest BCUT2D eigenvalue weighted by molar-refractivity contribution is 6.33. The summed E-state index contributed by atoms with van der Waals surface area (Å²) in [5.41, 5.74) is 2.29. The number of halogens is 1. The fourth-order valence-electron chi connectivity index (χ4n) is 2.29. The lowest BCUT2D eigenvalue weighted by molar-refractivity contribution is -0.383. The van der Waals surface area contributed by atoms with E-state index in [4.69, 9.17) is 16.3 Å². The van der Waals surface area contributed by atoms with Crippen molar-refractivity contribution in [1.29, 1.82) is 0 Å². The average molecular weight is 335 g/mol. The van der Waals surface area contributed by atoms with Gasteiger partial charge in [0.15, 0.2) is 0 Å². The maximum absolute atomic E-state index is 11.1. The van der Waals surface area contributed by atoms with Crippen LogP contribution in [0.3, 0.4) is 0 Å². The number of ether oxygens (including phenoxy) is 1. The predicted molar refractivity (Wildman–Crippen MR) is 92.6 cm³/mol. The number of hydrogen-bond acceptors (Lipinski definition) is 4. The van der Waals surface area contributed by atoms with Gasteiger partial charge in [-0.3, -0.25) is 10.1 Å². The third-order valence-electron chi connectivity index (χ3n) is 3.47. The standard InChI is InChI=1S/C17H19ClN2O3/c1-23-12-3-2-5-13-8-10-14(11-9-13)19-16-7-4-6-15(18)17(16)20(21)22/h4,6-11,19H,2-3,5,12H2,1H3. The number of para-hydroxylation sites is 1. The first kappa shape index (κ1) is 17.2. The van der Waals surface area contributed by atoms with Crippen molar-refractivity contribution in [1.82, 2.24) is 0 Å². The van der Waals surface area contributed by atoms with Crippen molar-refractivity contribution in [3.63, 3.8) is 0 Å². The van der Waals surface area contributed by atoms with Crippen LogP contribution >= 0.6 is 11.6 Å². The molecule has 0 aliphatic rings. The molecule has 0 heterocycles. The molecule has 0 atom stereocenters. The zero-order chi connectivity index (χ0) is 16.7. The minimum Gasteiger partial charge on any atom is -0.385 e. The molecule has 0 fully saturated rings. The summed E-state index contributed by atoms with van der Waals surface area (Å²) in [7, 11) is 1.70. The van der Waals surface area contributed by atoms with Crippen LogP contribution in [-0.4, -0.2) is 18.6 Å². The van der Waals surface area contributed by atoms with Crippen molar-refractivity contribution < 1.29 is 9.66 Å². The first-order valence-corrected chi connectivity index (χ1v) is 7.77. The highest BCUT2D eigenvalue weighted by Gasteiger charge is 2.18. The van der Waals surface area contributed by atoms with Crippen LogP contribution in [-0.2, 0) is 11.2 Å². The minimum absolute atomic E-state index is 0.113. The van der Waals surface area contributed by atoms with Crippen molar-refractivity contribution in [3.8, 4) is 0 Å². The first-order valence-electron chi connectivity index (χ1n) is 7.39. The highest BCUT2D eigenvalue weighted by atomic mass is 35.5. The average Bonchev–Trinajstić information content (AvgIpc) is 2.53. The minimum atomic E-state index is -0.477. The molecule has 0 unspecified atom stereocenters. The number of nitrogens with zero attached hydrogens (tertiary/aromatic N) is 1. The van der Waals surface area contributed by atoms with Gasteiger partial charge in [0, 0.05) is 19.4 Å². The van der Waals surface area contributed by atoms with Gasteiger partial charge < -0.3 is 10.1 Å². The predicted octanol–water partition coefficient (Wildman–Crippen LogP) is 4.96. The molecule has 0 bridgehead atoms. The molecule has 2 aromatic rings. The monoisotopic (exact) mass is 334 g/mol. The molecule has 2 rings (SSSR count). The number of methoxy groups -OCH3 is 1. The van der Waals surface area contributed by atoms with E-state index in [2.05, 4.69) is 5.32 Å². The van der Waals surface area contributed by atoms with Crippen molar-refractivity contribution >= 4 is 28.7 Å². The van der Waals surface area contributed by atoms with Gasteiger partial charge in [-0.2, -0.15) is 0 Å². The van der Waals surface area contributed by atoms with Crippen LogP contribution in [0.1, 0.15) is 18.4 Å². The summed E-state index contributed by atoms with van der Waals surface area (Å²) in [6, 6.07) is 12.7. The van der Waals surface area contributed by atoms with Crippen LogP contribution in [0.15, 0.2) is 42.5 Å². The number of nitro benzene ring substituents is 1. The summed E-state index contributed by atoms with van der Waals surface area (Å²) >= 11 is 5.91. The third kappa shape index (κ3) is 4.94. The first-order chi connectivity index (χ1) is 11.1. The van der Waals surface area contributed by atoms with Crippen LogP contribution in [0.4, 0.5) is 17.1 Å². The van der Waals surface area contributed by atoms with Gasteiger partial charge in [-0.1, -0.05) is 29.8 Å². The number of nitro groups is 1. The molecule has 0 aliphatic carbocycles. The fourth-order valence-corrected chi connectivity index (χ4v) is 2.53. The second kappa shape index (κ2) is 8.50. The number of rotatable bonds is 8. The molecular formula is C17H19ClN2O3. The van der Waals surface area contributed by atoms with E-state index in [0.717, 1.165) is 31.6 Å². The Morgan fingerprint density at radius 1 is 1.17 bits per heavy atom. The Balaban J connectivity index is 2.04. The molecule has 0 radical (unpaired) electrons. The normalized spacial score (nSPS) is 10.5. The molecule has 0 aliphatic heterocycles. The van der Waals surface area contributed by atoms with E-state index in [1.165, 1.54) is 11.6 Å². The Morgan fingerprint density at radius 2 is 1.91 bits per heavy atom. The lowest BCUT2D eigenvalue weighted by Gasteiger charge is -2.09. The molecule has 6 heteroatoms. The number of anilines is 2. The quantitative estimate of drug-likeness (QED) is 0.421. The molecule has 122 valence electrons. The molecule has 0 aromatic heterocycles. The Kier molecular flexibility index (Phi) is 6.38. The van der Waals surface area contributed by atoms with E-state index < -0.39 is 4.92 Å². The maximum atomic E-state index is 11.1. The molecule has 5 nitrogen and oxygen atoms in total. The Labute approximate surface area is 140 Å². The summed E-state index contributed by atoms with van der Waals surface area (Å²) in [5.74, 6) is 0. The molecule has 0 saturated carbocycles.